The van der Waals surface area contributed by atoms with Gasteiger partial charge in [0.2, 0.25) is 5.91 Å². The molecule has 1 saturated heterocycles. The second-order valence-corrected chi connectivity index (χ2v) is 9.90. The van der Waals surface area contributed by atoms with Crippen molar-refractivity contribution >= 4 is 34.1 Å². The number of fused-ring (bicyclic) bond motifs is 1. The number of carbonyl (C=O) groups is 3. The molecule has 1 aromatic heterocycles. The summed E-state index contributed by atoms with van der Waals surface area (Å²) in [6.45, 7) is 5.54. The molecule has 2 aromatic rings. The van der Waals surface area contributed by atoms with Crippen LogP contribution in [0.4, 0.5) is 5.13 Å². The van der Waals surface area contributed by atoms with Crippen molar-refractivity contribution in [3.05, 3.63) is 45.5 Å². The van der Waals surface area contributed by atoms with Crippen molar-refractivity contribution in [3.63, 3.8) is 0 Å². The van der Waals surface area contributed by atoms with Gasteiger partial charge in [-0.15, -0.1) is 0 Å². The van der Waals surface area contributed by atoms with Crippen LogP contribution in [-0.2, 0) is 11.2 Å². The Hall–Kier alpha value is -2.58. The van der Waals surface area contributed by atoms with E-state index in [-0.39, 0.29) is 24.0 Å². The number of carbonyl (C=O) groups excluding carboxylic acids is 3. The Kier molecular flexibility index (Phi) is 6.71. The number of rotatable bonds is 5. The van der Waals surface area contributed by atoms with Crippen molar-refractivity contribution in [2.75, 3.05) is 25.5 Å². The maximum atomic E-state index is 12.8. The predicted octanol–water partition coefficient (Wildman–Crippen LogP) is 3.36. The monoisotopic (exact) mass is 454 g/mol. The molecule has 2 amide bonds. The fourth-order valence-corrected chi connectivity index (χ4v) is 5.43. The highest BCUT2D eigenvalue weighted by molar-refractivity contribution is 7.17. The summed E-state index contributed by atoms with van der Waals surface area (Å²) in [7, 11) is 2.09. The number of hydrogen-bond donors (Lipinski definition) is 2. The zero-order valence-corrected chi connectivity index (χ0v) is 19.7. The second kappa shape index (κ2) is 9.50. The molecule has 2 heterocycles. The van der Waals surface area contributed by atoms with Crippen molar-refractivity contribution in [3.8, 4) is 0 Å². The quantitative estimate of drug-likeness (QED) is 0.723. The van der Waals surface area contributed by atoms with E-state index in [0.29, 0.717) is 40.3 Å². The van der Waals surface area contributed by atoms with Gasteiger partial charge in [0.15, 0.2) is 10.9 Å². The predicted molar refractivity (Wildman–Crippen MR) is 125 cm³/mol. The van der Waals surface area contributed by atoms with E-state index in [0.717, 1.165) is 24.1 Å². The van der Waals surface area contributed by atoms with E-state index in [1.165, 1.54) is 24.2 Å². The third-order valence-corrected chi connectivity index (χ3v) is 7.75. The maximum absolute atomic E-state index is 12.8. The molecule has 0 spiro atoms. The lowest BCUT2D eigenvalue weighted by molar-refractivity contribution is -0.125. The fourth-order valence-electron chi connectivity index (χ4n) is 4.50. The Bertz CT molecular complexity index is 1050. The third kappa shape index (κ3) is 4.76. The van der Waals surface area contributed by atoms with Crippen LogP contribution >= 0.6 is 11.3 Å². The first-order valence-corrected chi connectivity index (χ1v) is 12.0. The minimum Gasteiger partial charge on any atom is -0.354 e. The fraction of sp³-hybridized carbons (Fsp3) is 0.500. The van der Waals surface area contributed by atoms with Crippen molar-refractivity contribution < 1.29 is 14.4 Å². The SMILES string of the molecule is Cc1cccc(C(=O)Nc2nc3c(s2)C(=O)CC(C(=O)NCC2CCCCN2C)C3)c1C. The lowest BCUT2D eigenvalue weighted by Crippen LogP contribution is -2.46. The molecule has 8 heteroatoms. The van der Waals surface area contributed by atoms with E-state index in [9.17, 15) is 14.4 Å². The Morgan fingerprint density at radius 3 is 2.81 bits per heavy atom. The Balaban J connectivity index is 1.40. The summed E-state index contributed by atoms with van der Waals surface area (Å²) in [4.78, 5) is 45.5. The lowest BCUT2D eigenvalue weighted by atomic mass is 9.89. The average molecular weight is 455 g/mol. The molecule has 1 aromatic carbocycles. The van der Waals surface area contributed by atoms with Crippen LogP contribution in [0.25, 0.3) is 0 Å². The summed E-state index contributed by atoms with van der Waals surface area (Å²) in [5.41, 5.74) is 3.16. The van der Waals surface area contributed by atoms with Crippen molar-refractivity contribution in [2.45, 2.75) is 52.0 Å². The number of aromatic nitrogens is 1. The summed E-state index contributed by atoms with van der Waals surface area (Å²) in [6.07, 6.45) is 4.08. The van der Waals surface area contributed by atoms with Gasteiger partial charge in [0.05, 0.1) is 16.5 Å². The highest BCUT2D eigenvalue weighted by Crippen LogP contribution is 2.33. The Morgan fingerprint density at radius 2 is 2.03 bits per heavy atom. The van der Waals surface area contributed by atoms with Gasteiger partial charge in [0.1, 0.15) is 0 Å². The number of aryl methyl sites for hydroxylation is 1. The topological polar surface area (TPSA) is 91.4 Å². The minimum absolute atomic E-state index is 0.0779. The van der Waals surface area contributed by atoms with Crippen LogP contribution in [0.15, 0.2) is 18.2 Å². The molecular weight excluding hydrogens is 424 g/mol. The van der Waals surface area contributed by atoms with Gasteiger partial charge in [-0.2, -0.15) is 0 Å². The number of likely N-dealkylation sites (N-methyl/N-ethyl adjacent to an activating group) is 1. The lowest BCUT2D eigenvalue weighted by Gasteiger charge is -2.33. The van der Waals surface area contributed by atoms with Gasteiger partial charge in [0, 0.05) is 31.0 Å². The minimum atomic E-state index is -0.409. The largest absolute Gasteiger partial charge is 0.354 e. The van der Waals surface area contributed by atoms with E-state index >= 15 is 0 Å². The first-order valence-electron chi connectivity index (χ1n) is 11.2. The van der Waals surface area contributed by atoms with Crippen LogP contribution in [0.1, 0.15) is 62.5 Å². The Labute approximate surface area is 192 Å². The van der Waals surface area contributed by atoms with E-state index < -0.39 is 5.92 Å². The van der Waals surface area contributed by atoms with Crippen molar-refractivity contribution in [1.29, 1.82) is 0 Å². The molecule has 0 saturated carbocycles. The number of amides is 2. The van der Waals surface area contributed by atoms with Crippen LogP contribution in [0.5, 0.6) is 0 Å². The zero-order valence-electron chi connectivity index (χ0n) is 18.9. The van der Waals surface area contributed by atoms with Crippen LogP contribution in [-0.4, -0.2) is 53.7 Å². The van der Waals surface area contributed by atoms with Gasteiger partial charge in [-0.3, -0.25) is 19.7 Å². The van der Waals surface area contributed by atoms with E-state index in [4.69, 9.17) is 0 Å². The summed E-state index contributed by atoms with van der Waals surface area (Å²) in [5.74, 6) is -0.813. The first kappa shape index (κ1) is 22.6. The molecule has 1 fully saturated rings. The van der Waals surface area contributed by atoms with Crippen molar-refractivity contribution in [2.24, 2.45) is 5.92 Å². The van der Waals surface area contributed by atoms with Crippen LogP contribution < -0.4 is 10.6 Å². The van der Waals surface area contributed by atoms with E-state index in [1.54, 1.807) is 6.07 Å². The highest BCUT2D eigenvalue weighted by Gasteiger charge is 2.33. The summed E-state index contributed by atoms with van der Waals surface area (Å²) in [6, 6.07) is 5.95. The maximum Gasteiger partial charge on any atom is 0.257 e. The molecule has 7 nitrogen and oxygen atoms in total. The molecule has 1 aliphatic carbocycles. The zero-order chi connectivity index (χ0) is 22.8. The molecule has 1 aliphatic heterocycles. The average Bonchev–Trinajstić information content (AvgIpc) is 3.17. The molecule has 170 valence electrons. The molecule has 4 rings (SSSR count). The second-order valence-electron chi connectivity index (χ2n) is 8.90. The Morgan fingerprint density at radius 1 is 1.22 bits per heavy atom. The molecular formula is C24H30N4O3S. The van der Waals surface area contributed by atoms with Gasteiger partial charge in [-0.1, -0.05) is 29.9 Å². The van der Waals surface area contributed by atoms with Crippen LogP contribution in [0.3, 0.4) is 0 Å². The number of thiazole rings is 1. The normalized spacial score (nSPS) is 21.2. The van der Waals surface area contributed by atoms with Crippen molar-refractivity contribution in [1.82, 2.24) is 15.2 Å². The molecule has 0 radical (unpaired) electrons. The number of likely N-dealkylation sites (tertiary alicyclic amines) is 1. The molecule has 2 unspecified atom stereocenters. The first-order chi connectivity index (χ1) is 15.3. The van der Waals surface area contributed by atoms with Crippen LogP contribution in [0, 0.1) is 19.8 Å². The summed E-state index contributed by atoms with van der Waals surface area (Å²) < 4.78 is 0. The molecule has 2 N–H and O–H groups in total. The molecule has 2 atom stereocenters. The number of nitrogens with one attached hydrogen (secondary N) is 2. The number of ketones is 1. The van der Waals surface area contributed by atoms with Gasteiger partial charge in [-0.25, -0.2) is 4.98 Å². The smallest absolute Gasteiger partial charge is 0.257 e. The number of nitrogens with zero attached hydrogens (tertiary/aromatic N) is 2. The standard InChI is InChI=1S/C24H30N4O3S/c1-14-7-6-9-18(15(14)2)23(31)27-24-26-19-11-16(12-20(29)21(19)32-24)22(30)25-13-17-8-4-5-10-28(17)3/h6-7,9,16-17H,4-5,8,10-13H2,1-3H3,(H,25,30)(H,26,27,31). The highest BCUT2D eigenvalue weighted by atomic mass is 32.1. The molecule has 2 aliphatic rings. The number of hydrogen-bond acceptors (Lipinski definition) is 6. The van der Waals surface area contributed by atoms with Crippen LogP contribution in [0.2, 0.25) is 0 Å². The van der Waals surface area contributed by atoms with Gasteiger partial charge < -0.3 is 10.2 Å². The summed E-state index contributed by atoms with van der Waals surface area (Å²) >= 11 is 1.20. The van der Waals surface area contributed by atoms with Gasteiger partial charge in [-0.05, 0) is 57.5 Å². The third-order valence-electron chi connectivity index (χ3n) is 6.70. The number of Topliss-reactive ketones (excluding diaryl/α,β-unsaturated/α-hetero) is 1. The van der Waals surface area contributed by atoms with E-state index in [1.807, 2.05) is 26.0 Å². The van der Waals surface area contributed by atoms with E-state index in [2.05, 4.69) is 27.6 Å². The summed E-state index contributed by atoms with van der Waals surface area (Å²) in [5, 5.41) is 6.28. The number of piperidine rings is 1. The van der Waals surface area contributed by atoms with Gasteiger partial charge in [0.25, 0.3) is 5.91 Å². The number of anilines is 1. The molecule has 32 heavy (non-hydrogen) atoms. The number of benzene rings is 1. The molecule has 0 bridgehead atoms. The van der Waals surface area contributed by atoms with Gasteiger partial charge >= 0.3 is 0 Å².